The van der Waals surface area contributed by atoms with E-state index in [0.29, 0.717) is 11.3 Å². The van der Waals surface area contributed by atoms with Crippen LogP contribution in [0.15, 0.2) is 78.5 Å². The molecule has 1 aliphatic carbocycles. The molecule has 0 aromatic heterocycles. The lowest BCUT2D eigenvalue weighted by molar-refractivity contribution is 0.102. The number of nitrogens with one attached hydrogen (secondary N) is 1. The predicted molar refractivity (Wildman–Crippen MR) is 131 cm³/mol. The van der Waals surface area contributed by atoms with Crippen molar-refractivity contribution in [3.8, 4) is 5.75 Å². The van der Waals surface area contributed by atoms with Gasteiger partial charge in [-0.3, -0.25) is 4.79 Å². The van der Waals surface area contributed by atoms with Crippen LogP contribution >= 0.6 is 0 Å². The fourth-order valence-corrected chi connectivity index (χ4v) is 4.17. The van der Waals surface area contributed by atoms with Crippen molar-refractivity contribution >= 4 is 17.7 Å². The molecule has 0 heterocycles. The van der Waals surface area contributed by atoms with Crippen molar-refractivity contribution in [3.63, 3.8) is 0 Å². The maximum atomic E-state index is 12.6. The smallest absolute Gasteiger partial charge is 0.255 e. The Hall–Kier alpha value is -3.53. The van der Waals surface area contributed by atoms with Gasteiger partial charge >= 0.3 is 0 Å². The highest BCUT2D eigenvalue weighted by Crippen LogP contribution is 2.27. The third kappa shape index (κ3) is 5.20. The monoisotopic (exact) mass is 426 g/mol. The van der Waals surface area contributed by atoms with Gasteiger partial charge < -0.3 is 15.0 Å². The number of allylic oxidation sites excluding steroid dienone is 1. The third-order valence-corrected chi connectivity index (χ3v) is 5.84. The minimum absolute atomic E-state index is 0.137. The number of carbonyl (C=O) groups is 1. The molecular weight excluding hydrogens is 396 g/mol. The average molecular weight is 427 g/mol. The summed E-state index contributed by atoms with van der Waals surface area (Å²) in [6.45, 7) is 4.23. The Kier molecular flexibility index (Phi) is 6.90. The zero-order valence-corrected chi connectivity index (χ0v) is 18.8. The number of amides is 1. The summed E-state index contributed by atoms with van der Waals surface area (Å²) in [5.74, 6) is 0.535. The molecule has 3 aromatic carbocycles. The molecule has 0 saturated heterocycles. The maximum Gasteiger partial charge on any atom is 0.255 e. The van der Waals surface area contributed by atoms with Crippen molar-refractivity contribution < 1.29 is 9.53 Å². The van der Waals surface area contributed by atoms with Gasteiger partial charge in [0.1, 0.15) is 5.75 Å². The molecule has 164 valence electrons. The number of hydrogen-bond donors (Lipinski definition) is 1. The lowest BCUT2D eigenvalue weighted by Crippen LogP contribution is -2.26. The van der Waals surface area contributed by atoms with Gasteiger partial charge in [-0.25, -0.2) is 0 Å². The van der Waals surface area contributed by atoms with Crippen LogP contribution in [0.3, 0.4) is 0 Å². The van der Waals surface area contributed by atoms with E-state index in [1.807, 2.05) is 24.3 Å². The van der Waals surface area contributed by atoms with Gasteiger partial charge in [0.05, 0.1) is 7.11 Å². The van der Waals surface area contributed by atoms with Crippen LogP contribution in [0.1, 0.15) is 40.4 Å². The molecule has 4 nitrogen and oxygen atoms in total. The molecule has 32 heavy (non-hydrogen) atoms. The number of methoxy groups -OCH3 is 1. The van der Waals surface area contributed by atoms with Crippen molar-refractivity contribution in [1.29, 1.82) is 0 Å². The zero-order valence-electron chi connectivity index (χ0n) is 18.8. The lowest BCUT2D eigenvalue weighted by atomic mass is 10.1. The van der Waals surface area contributed by atoms with E-state index in [4.69, 9.17) is 4.74 Å². The van der Waals surface area contributed by atoms with Gasteiger partial charge in [-0.05, 0) is 65.9 Å². The highest BCUT2D eigenvalue weighted by molar-refractivity contribution is 6.04. The molecular formula is C28H30N2O2. The normalized spacial score (nSPS) is 12.1. The second-order valence-electron chi connectivity index (χ2n) is 8.13. The highest BCUT2D eigenvalue weighted by Gasteiger charge is 2.17. The van der Waals surface area contributed by atoms with Gasteiger partial charge in [-0.2, -0.15) is 0 Å². The number of benzene rings is 3. The molecule has 4 heteroatoms. The second-order valence-corrected chi connectivity index (χ2v) is 8.13. The minimum Gasteiger partial charge on any atom is -0.497 e. The molecule has 4 rings (SSSR count). The largest absolute Gasteiger partial charge is 0.497 e. The fourth-order valence-electron chi connectivity index (χ4n) is 4.17. The summed E-state index contributed by atoms with van der Waals surface area (Å²) >= 11 is 0. The number of rotatable bonds is 9. The van der Waals surface area contributed by atoms with Gasteiger partial charge in [-0.1, -0.05) is 49.4 Å². The van der Waals surface area contributed by atoms with Crippen LogP contribution in [-0.4, -0.2) is 31.0 Å². The summed E-state index contributed by atoms with van der Waals surface area (Å²) in [6, 6.07) is 24.0. The summed E-state index contributed by atoms with van der Waals surface area (Å²) in [4.78, 5) is 15.1. The Morgan fingerprint density at radius 3 is 2.66 bits per heavy atom. The molecule has 0 radical (unpaired) electrons. The van der Waals surface area contributed by atoms with E-state index in [1.54, 1.807) is 19.2 Å². The molecule has 1 aliphatic rings. The highest BCUT2D eigenvalue weighted by atomic mass is 16.5. The van der Waals surface area contributed by atoms with Crippen molar-refractivity contribution in [2.24, 2.45) is 0 Å². The molecule has 0 spiro atoms. The molecule has 1 N–H and O–H groups in total. The van der Waals surface area contributed by atoms with E-state index in [2.05, 4.69) is 59.6 Å². The molecule has 0 bridgehead atoms. The number of fused-ring (bicyclic) bond motifs is 1. The molecule has 0 fully saturated rings. The summed E-state index contributed by atoms with van der Waals surface area (Å²) < 4.78 is 5.22. The van der Waals surface area contributed by atoms with Crippen LogP contribution in [0.25, 0.3) is 6.08 Å². The van der Waals surface area contributed by atoms with E-state index in [1.165, 1.54) is 22.4 Å². The third-order valence-electron chi connectivity index (χ3n) is 5.84. The molecule has 0 atom stereocenters. The Morgan fingerprint density at radius 1 is 1.00 bits per heavy atom. The molecule has 0 saturated carbocycles. The van der Waals surface area contributed by atoms with Crippen LogP contribution in [0.5, 0.6) is 5.75 Å². The maximum absolute atomic E-state index is 12.6. The zero-order chi connectivity index (χ0) is 22.3. The standard InChI is InChI=1S/C28H30N2O2/c1-3-15-30(26-18-22-9-4-5-10-23(22)19-26)16-14-21-8-6-12-25(17-21)29-28(31)24-11-7-13-27(20-24)32-2/h4-13,17-18,20H,3,14-16,19H2,1-2H3,(H,29,31). The summed E-state index contributed by atoms with van der Waals surface area (Å²) in [5, 5.41) is 3.01. The first-order valence-electron chi connectivity index (χ1n) is 11.2. The van der Waals surface area contributed by atoms with Crippen molar-refractivity contribution in [3.05, 3.63) is 101 Å². The Balaban J connectivity index is 1.40. The number of hydrogen-bond acceptors (Lipinski definition) is 3. The average Bonchev–Trinajstić information content (AvgIpc) is 3.26. The number of nitrogens with zero attached hydrogens (tertiary/aromatic N) is 1. The quantitative estimate of drug-likeness (QED) is 0.470. The van der Waals surface area contributed by atoms with E-state index >= 15 is 0 Å². The van der Waals surface area contributed by atoms with Gasteiger partial charge in [0.2, 0.25) is 0 Å². The Morgan fingerprint density at radius 2 is 1.84 bits per heavy atom. The Bertz CT molecular complexity index is 1120. The van der Waals surface area contributed by atoms with Crippen LogP contribution in [-0.2, 0) is 12.8 Å². The Labute approximate surface area is 190 Å². The number of ether oxygens (including phenoxy) is 1. The van der Waals surface area contributed by atoms with Crippen LogP contribution in [0.2, 0.25) is 0 Å². The van der Waals surface area contributed by atoms with Gasteiger partial charge in [-0.15, -0.1) is 0 Å². The predicted octanol–water partition coefficient (Wildman–Crippen LogP) is 5.80. The topological polar surface area (TPSA) is 41.6 Å². The van der Waals surface area contributed by atoms with Crippen LogP contribution in [0.4, 0.5) is 5.69 Å². The number of anilines is 1. The minimum atomic E-state index is -0.137. The van der Waals surface area contributed by atoms with E-state index in [9.17, 15) is 4.79 Å². The van der Waals surface area contributed by atoms with E-state index < -0.39 is 0 Å². The molecule has 3 aromatic rings. The van der Waals surface area contributed by atoms with Crippen molar-refractivity contribution in [2.45, 2.75) is 26.2 Å². The van der Waals surface area contributed by atoms with E-state index in [0.717, 1.165) is 38.0 Å². The molecule has 0 aliphatic heterocycles. The first-order chi connectivity index (χ1) is 15.7. The SMILES string of the molecule is CCCN(CCc1cccc(NC(=O)c2cccc(OC)c2)c1)C1=Cc2ccccc2C1. The summed E-state index contributed by atoms with van der Waals surface area (Å²) in [7, 11) is 1.60. The van der Waals surface area contributed by atoms with Gasteiger partial charge in [0.25, 0.3) is 5.91 Å². The molecule has 0 unspecified atom stereocenters. The lowest BCUT2D eigenvalue weighted by Gasteiger charge is -2.26. The first kappa shape index (κ1) is 21.7. The van der Waals surface area contributed by atoms with Gasteiger partial charge in [0, 0.05) is 36.5 Å². The summed E-state index contributed by atoms with van der Waals surface area (Å²) in [6.07, 6.45) is 5.38. The summed E-state index contributed by atoms with van der Waals surface area (Å²) in [5.41, 5.74) is 6.75. The van der Waals surface area contributed by atoms with Crippen LogP contribution < -0.4 is 10.1 Å². The van der Waals surface area contributed by atoms with Crippen LogP contribution in [0, 0.1) is 0 Å². The first-order valence-corrected chi connectivity index (χ1v) is 11.2. The van der Waals surface area contributed by atoms with Crippen molar-refractivity contribution in [1.82, 2.24) is 4.90 Å². The second kappa shape index (κ2) is 10.2. The number of carbonyl (C=O) groups excluding carboxylic acids is 1. The van der Waals surface area contributed by atoms with Gasteiger partial charge in [0.15, 0.2) is 0 Å². The molecule has 1 amide bonds. The fraction of sp³-hybridized carbons (Fsp3) is 0.250. The van der Waals surface area contributed by atoms with Crippen molar-refractivity contribution in [2.75, 3.05) is 25.5 Å². The van der Waals surface area contributed by atoms with E-state index in [-0.39, 0.29) is 5.91 Å².